The maximum absolute atomic E-state index is 13.1. The number of rotatable bonds is 8. The molecule has 0 aromatic carbocycles. The van der Waals surface area contributed by atoms with Crippen molar-refractivity contribution in [3.8, 4) is 0 Å². The standard InChI is InChI=1S/C19H28BrN3O4S/c1-12(23(13-5-6-13)18(24)15-11-21-8-9-27-15)17-10-14(20)16(28-17)4-3-7-22-19(25)26-2/h10,12-13,15,21H,3-9,11H2,1-2H3,(H,22,25)/t12-,15+/m0/s1. The number of nitrogens with one attached hydrogen (secondary N) is 2. The fourth-order valence-electron chi connectivity index (χ4n) is 3.38. The van der Waals surface area contributed by atoms with Crippen LogP contribution in [0.4, 0.5) is 4.79 Å². The number of thiophene rings is 1. The van der Waals surface area contributed by atoms with Gasteiger partial charge in [-0.2, -0.15) is 0 Å². The molecule has 0 unspecified atom stereocenters. The van der Waals surface area contributed by atoms with Gasteiger partial charge in [0.25, 0.3) is 5.91 Å². The molecule has 28 heavy (non-hydrogen) atoms. The molecule has 1 saturated carbocycles. The van der Waals surface area contributed by atoms with E-state index >= 15 is 0 Å². The highest BCUT2D eigenvalue weighted by Gasteiger charge is 2.40. The van der Waals surface area contributed by atoms with Crippen molar-refractivity contribution in [1.29, 1.82) is 0 Å². The molecule has 2 N–H and O–H groups in total. The molecule has 2 heterocycles. The number of carbonyl (C=O) groups excluding carboxylic acids is 2. The summed E-state index contributed by atoms with van der Waals surface area (Å²) < 4.78 is 11.3. The van der Waals surface area contributed by atoms with Gasteiger partial charge < -0.3 is 25.0 Å². The third-order valence-electron chi connectivity index (χ3n) is 5.04. The Bertz CT molecular complexity index is 689. The highest BCUT2D eigenvalue weighted by Crippen LogP contribution is 2.40. The predicted octanol–water partition coefficient (Wildman–Crippen LogP) is 2.84. The lowest BCUT2D eigenvalue weighted by Gasteiger charge is -2.33. The van der Waals surface area contributed by atoms with E-state index in [0.29, 0.717) is 25.7 Å². The van der Waals surface area contributed by atoms with E-state index in [-0.39, 0.29) is 18.1 Å². The number of halogens is 1. The number of hydrogen-bond donors (Lipinski definition) is 2. The van der Waals surface area contributed by atoms with Crippen LogP contribution in [0.1, 0.15) is 42.0 Å². The van der Waals surface area contributed by atoms with Crippen molar-refractivity contribution >= 4 is 39.3 Å². The van der Waals surface area contributed by atoms with Crippen LogP contribution in [0.5, 0.6) is 0 Å². The fourth-order valence-corrected chi connectivity index (χ4v) is 5.37. The summed E-state index contributed by atoms with van der Waals surface area (Å²) in [4.78, 5) is 28.6. The lowest BCUT2D eigenvalue weighted by Crippen LogP contribution is -2.50. The van der Waals surface area contributed by atoms with E-state index in [4.69, 9.17) is 4.74 Å². The van der Waals surface area contributed by atoms with Gasteiger partial charge in [0.05, 0.1) is 19.8 Å². The number of alkyl carbamates (subject to hydrolysis) is 1. The van der Waals surface area contributed by atoms with Crippen molar-refractivity contribution in [1.82, 2.24) is 15.5 Å². The topological polar surface area (TPSA) is 79.9 Å². The van der Waals surface area contributed by atoms with Crippen molar-refractivity contribution in [2.45, 2.75) is 50.8 Å². The second kappa shape index (κ2) is 10.0. The first-order chi connectivity index (χ1) is 13.5. The molecule has 2 amide bonds. The molecule has 0 spiro atoms. The van der Waals surface area contributed by atoms with E-state index in [2.05, 4.69) is 44.3 Å². The zero-order chi connectivity index (χ0) is 20.1. The van der Waals surface area contributed by atoms with Gasteiger partial charge in [-0.3, -0.25) is 4.79 Å². The van der Waals surface area contributed by atoms with Crippen LogP contribution in [0.2, 0.25) is 0 Å². The molecule has 9 heteroatoms. The Hall–Kier alpha value is -1.16. The van der Waals surface area contributed by atoms with E-state index in [1.807, 2.05) is 4.90 Å². The molecule has 7 nitrogen and oxygen atoms in total. The minimum absolute atomic E-state index is 0.0220. The van der Waals surface area contributed by atoms with E-state index in [9.17, 15) is 9.59 Å². The molecule has 1 aliphatic heterocycles. The molecule has 156 valence electrons. The average Bonchev–Trinajstić information content (AvgIpc) is 3.47. The van der Waals surface area contributed by atoms with Gasteiger partial charge >= 0.3 is 6.09 Å². The summed E-state index contributed by atoms with van der Waals surface area (Å²) >= 11 is 5.38. The van der Waals surface area contributed by atoms with Crippen LogP contribution >= 0.6 is 27.3 Å². The van der Waals surface area contributed by atoms with Crippen LogP contribution in [-0.4, -0.2) is 62.4 Å². The molecule has 3 rings (SSSR count). The Morgan fingerprint density at radius 1 is 1.50 bits per heavy atom. The number of methoxy groups -OCH3 is 1. The summed E-state index contributed by atoms with van der Waals surface area (Å²) in [6.45, 7) is 4.64. The Balaban J connectivity index is 1.62. The van der Waals surface area contributed by atoms with Gasteiger partial charge in [0.1, 0.15) is 6.10 Å². The number of morpholine rings is 1. The molecular formula is C19H28BrN3O4S. The summed E-state index contributed by atoms with van der Waals surface area (Å²) in [5, 5.41) is 5.95. The van der Waals surface area contributed by atoms with Gasteiger partial charge in [-0.1, -0.05) is 0 Å². The molecule has 2 atom stereocenters. The maximum Gasteiger partial charge on any atom is 0.406 e. The second-order valence-corrected chi connectivity index (χ2v) is 9.18. The zero-order valence-corrected chi connectivity index (χ0v) is 18.7. The summed E-state index contributed by atoms with van der Waals surface area (Å²) in [5.74, 6) is 0.0931. The largest absolute Gasteiger partial charge is 0.453 e. The minimum atomic E-state index is -0.405. The first-order valence-corrected chi connectivity index (χ1v) is 11.4. The van der Waals surface area contributed by atoms with E-state index in [1.54, 1.807) is 11.3 Å². The lowest BCUT2D eigenvalue weighted by atomic mass is 10.1. The number of amides is 2. The first kappa shape index (κ1) is 21.5. The van der Waals surface area contributed by atoms with E-state index < -0.39 is 6.09 Å². The molecular weight excluding hydrogens is 446 g/mol. The van der Waals surface area contributed by atoms with Gasteiger partial charge in [0, 0.05) is 39.9 Å². The van der Waals surface area contributed by atoms with Crippen molar-refractivity contribution in [3.05, 3.63) is 20.3 Å². The average molecular weight is 474 g/mol. The van der Waals surface area contributed by atoms with Crippen molar-refractivity contribution in [2.75, 3.05) is 33.4 Å². The molecule has 0 radical (unpaired) electrons. The van der Waals surface area contributed by atoms with Gasteiger partial charge in [-0.15, -0.1) is 11.3 Å². The monoisotopic (exact) mass is 473 g/mol. The van der Waals surface area contributed by atoms with Crippen LogP contribution in [0.3, 0.4) is 0 Å². The third-order valence-corrected chi connectivity index (χ3v) is 7.37. The molecule has 2 aliphatic rings. The highest BCUT2D eigenvalue weighted by molar-refractivity contribution is 9.10. The summed E-state index contributed by atoms with van der Waals surface area (Å²) in [5.41, 5.74) is 0. The maximum atomic E-state index is 13.1. The minimum Gasteiger partial charge on any atom is -0.453 e. The first-order valence-electron chi connectivity index (χ1n) is 9.75. The molecule has 2 fully saturated rings. The van der Waals surface area contributed by atoms with Crippen LogP contribution in [-0.2, 0) is 20.7 Å². The Kier molecular flexibility index (Phi) is 7.73. The van der Waals surface area contributed by atoms with Gasteiger partial charge in [0.15, 0.2) is 0 Å². The van der Waals surface area contributed by atoms with Gasteiger partial charge in [-0.05, 0) is 54.6 Å². The highest BCUT2D eigenvalue weighted by atomic mass is 79.9. The Labute approximate surface area is 178 Å². The quantitative estimate of drug-likeness (QED) is 0.567. The van der Waals surface area contributed by atoms with E-state index in [1.165, 1.54) is 16.9 Å². The molecule has 0 bridgehead atoms. The number of nitrogens with zero attached hydrogens (tertiary/aromatic N) is 1. The normalized spacial score (nSPS) is 20.5. The Morgan fingerprint density at radius 3 is 2.93 bits per heavy atom. The van der Waals surface area contributed by atoms with Crippen molar-refractivity contribution < 1.29 is 19.1 Å². The molecule has 1 aromatic heterocycles. The van der Waals surface area contributed by atoms with Crippen LogP contribution < -0.4 is 10.6 Å². The van der Waals surface area contributed by atoms with Crippen molar-refractivity contribution in [2.24, 2.45) is 0 Å². The Morgan fingerprint density at radius 2 is 2.29 bits per heavy atom. The zero-order valence-electron chi connectivity index (χ0n) is 16.3. The summed E-state index contributed by atoms with van der Waals surface area (Å²) in [6, 6.07) is 2.47. The van der Waals surface area contributed by atoms with Crippen LogP contribution in [0.25, 0.3) is 0 Å². The van der Waals surface area contributed by atoms with Crippen LogP contribution in [0, 0.1) is 0 Å². The van der Waals surface area contributed by atoms with E-state index in [0.717, 1.165) is 36.7 Å². The molecule has 1 saturated heterocycles. The fraction of sp³-hybridized carbons (Fsp3) is 0.684. The number of aryl methyl sites for hydroxylation is 1. The van der Waals surface area contributed by atoms with Gasteiger partial charge in [0.2, 0.25) is 0 Å². The number of hydrogen-bond acceptors (Lipinski definition) is 6. The van der Waals surface area contributed by atoms with Crippen molar-refractivity contribution in [3.63, 3.8) is 0 Å². The number of carbonyl (C=O) groups is 2. The molecule has 1 aliphatic carbocycles. The lowest BCUT2D eigenvalue weighted by molar-refractivity contribution is -0.148. The van der Waals surface area contributed by atoms with Crippen LogP contribution in [0.15, 0.2) is 10.5 Å². The molecule has 1 aromatic rings. The third kappa shape index (κ3) is 5.46. The van der Waals surface area contributed by atoms with Gasteiger partial charge in [-0.25, -0.2) is 4.79 Å². The predicted molar refractivity (Wildman–Crippen MR) is 112 cm³/mol. The second-order valence-electron chi connectivity index (χ2n) is 7.16. The summed E-state index contributed by atoms with van der Waals surface area (Å²) in [7, 11) is 1.36. The SMILES string of the molecule is COC(=O)NCCCc1sc([C@H](C)N(C(=O)[C@H]2CNCCO2)C2CC2)cc1Br. The smallest absolute Gasteiger partial charge is 0.406 e. The summed E-state index contributed by atoms with van der Waals surface area (Å²) in [6.07, 6.45) is 3.02. The number of ether oxygens (including phenoxy) is 2.